The summed E-state index contributed by atoms with van der Waals surface area (Å²) in [6.45, 7) is 10.8. The molecule has 0 N–H and O–H groups in total. The second kappa shape index (κ2) is 5.61. The van der Waals surface area contributed by atoms with Crippen LogP contribution in [0.25, 0.3) is 0 Å². The van der Waals surface area contributed by atoms with Gasteiger partial charge in [0, 0.05) is 11.8 Å². The standard InChI is InChI=1S/C10H21NOSSi/c1-7-13-10(12)8-9(2)11(3)14(4,5)6/h8H,7H2,1-6H3/b9-8-. The average molecular weight is 231 g/mol. The lowest BCUT2D eigenvalue weighted by atomic mass is 10.4. The quantitative estimate of drug-likeness (QED) is 0.548. The molecule has 0 atom stereocenters. The van der Waals surface area contributed by atoms with Crippen LogP contribution >= 0.6 is 11.8 Å². The lowest BCUT2D eigenvalue weighted by molar-refractivity contribution is -0.107. The summed E-state index contributed by atoms with van der Waals surface area (Å²) in [6.07, 6.45) is 1.74. The molecule has 0 aliphatic heterocycles. The van der Waals surface area contributed by atoms with Crippen molar-refractivity contribution in [2.45, 2.75) is 33.5 Å². The van der Waals surface area contributed by atoms with Crippen LogP contribution in [-0.2, 0) is 4.79 Å². The molecule has 0 aliphatic rings. The Balaban J connectivity index is 4.45. The predicted octanol–water partition coefficient (Wildman–Crippen LogP) is 2.94. The SMILES string of the molecule is CCSC(=O)/C=C(/C)N(C)[Si](C)(C)C. The minimum absolute atomic E-state index is 0.162. The van der Waals surface area contributed by atoms with Gasteiger partial charge in [0.05, 0.1) is 0 Å². The molecule has 4 heteroatoms. The van der Waals surface area contributed by atoms with Gasteiger partial charge in [-0.25, -0.2) is 0 Å². The third kappa shape index (κ3) is 4.86. The van der Waals surface area contributed by atoms with Crippen LogP contribution in [0.15, 0.2) is 11.8 Å². The van der Waals surface area contributed by atoms with Crippen LogP contribution in [0.3, 0.4) is 0 Å². The van der Waals surface area contributed by atoms with E-state index in [2.05, 4.69) is 31.3 Å². The van der Waals surface area contributed by atoms with Crippen molar-refractivity contribution < 1.29 is 4.79 Å². The summed E-state index contributed by atoms with van der Waals surface area (Å²) in [4.78, 5) is 11.4. The molecule has 0 spiro atoms. The molecule has 0 bridgehead atoms. The van der Waals surface area contributed by atoms with Gasteiger partial charge in [-0.15, -0.1) is 0 Å². The summed E-state index contributed by atoms with van der Waals surface area (Å²) in [5.41, 5.74) is 1.08. The molecule has 2 nitrogen and oxygen atoms in total. The highest BCUT2D eigenvalue weighted by molar-refractivity contribution is 8.14. The Hall–Kier alpha value is -0.223. The smallest absolute Gasteiger partial charge is 0.213 e. The number of allylic oxidation sites excluding steroid dienone is 1. The van der Waals surface area contributed by atoms with Crippen LogP contribution in [0.5, 0.6) is 0 Å². The average Bonchev–Trinajstić information content (AvgIpc) is 2.01. The molecule has 0 aromatic rings. The van der Waals surface area contributed by atoms with Crippen LogP contribution in [-0.4, -0.2) is 30.7 Å². The first-order valence-electron chi connectivity index (χ1n) is 4.88. The third-order valence-corrected chi connectivity index (χ3v) is 5.20. The number of hydrogen-bond donors (Lipinski definition) is 0. The highest BCUT2D eigenvalue weighted by Gasteiger charge is 2.20. The fourth-order valence-electron chi connectivity index (χ4n) is 0.980. The van der Waals surface area contributed by atoms with E-state index in [1.807, 2.05) is 13.8 Å². The van der Waals surface area contributed by atoms with Gasteiger partial charge < -0.3 is 4.57 Å². The fraction of sp³-hybridized carbons (Fsp3) is 0.700. The number of hydrogen-bond acceptors (Lipinski definition) is 3. The Labute approximate surface area is 92.8 Å². The molecule has 0 radical (unpaired) electrons. The number of carbonyl (C=O) groups is 1. The second-order valence-corrected chi connectivity index (χ2v) is 10.5. The van der Waals surface area contributed by atoms with Gasteiger partial charge in [0.1, 0.15) is 8.24 Å². The monoisotopic (exact) mass is 231 g/mol. The van der Waals surface area contributed by atoms with Gasteiger partial charge >= 0.3 is 0 Å². The molecule has 0 amide bonds. The minimum atomic E-state index is -1.31. The summed E-state index contributed by atoms with van der Waals surface area (Å²) in [5, 5.41) is 0.162. The molecule has 0 saturated heterocycles. The van der Waals surface area contributed by atoms with Gasteiger partial charge in [0.15, 0.2) is 0 Å². The van der Waals surface area contributed by atoms with Crippen molar-refractivity contribution in [3.8, 4) is 0 Å². The van der Waals surface area contributed by atoms with Crippen LogP contribution in [0.2, 0.25) is 19.6 Å². The van der Waals surface area contributed by atoms with Crippen LogP contribution in [0.4, 0.5) is 0 Å². The molecule has 82 valence electrons. The molecule has 0 aromatic heterocycles. The largest absolute Gasteiger partial charge is 0.404 e. The number of carbonyl (C=O) groups excluding carboxylic acids is 1. The van der Waals surface area contributed by atoms with E-state index in [0.29, 0.717) is 0 Å². The van der Waals surface area contributed by atoms with Crippen molar-refractivity contribution in [3.63, 3.8) is 0 Å². The summed E-state index contributed by atoms with van der Waals surface area (Å²) in [6, 6.07) is 0. The molecular formula is C10H21NOSSi. The molecule has 0 aliphatic carbocycles. The van der Waals surface area contributed by atoms with Crippen molar-refractivity contribution >= 4 is 25.1 Å². The number of thioether (sulfide) groups is 1. The second-order valence-electron chi connectivity index (χ2n) is 4.27. The number of nitrogens with zero attached hydrogens (tertiary/aromatic N) is 1. The van der Waals surface area contributed by atoms with Gasteiger partial charge in [-0.05, 0) is 19.7 Å². The maximum absolute atomic E-state index is 11.4. The Bertz CT molecular complexity index is 233. The Morgan fingerprint density at radius 1 is 1.43 bits per heavy atom. The molecule has 0 aromatic carbocycles. The van der Waals surface area contributed by atoms with Crippen molar-refractivity contribution in [1.29, 1.82) is 0 Å². The Morgan fingerprint density at radius 2 is 1.93 bits per heavy atom. The van der Waals surface area contributed by atoms with Crippen molar-refractivity contribution in [3.05, 3.63) is 11.8 Å². The van der Waals surface area contributed by atoms with Crippen LogP contribution in [0, 0.1) is 0 Å². The van der Waals surface area contributed by atoms with E-state index < -0.39 is 8.24 Å². The summed E-state index contributed by atoms with van der Waals surface area (Å²) in [5.74, 6) is 0.847. The highest BCUT2D eigenvalue weighted by atomic mass is 32.2. The van der Waals surface area contributed by atoms with Crippen molar-refractivity contribution in [2.24, 2.45) is 0 Å². The number of rotatable bonds is 4. The molecule has 0 unspecified atom stereocenters. The maximum Gasteiger partial charge on any atom is 0.213 e. The van der Waals surface area contributed by atoms with E-state index in [0.717, 1.165) is 11.4 Å². The Kier molecular flexibility index (Phi) is 5.52. The van der Waals surface area contributed by atoms with Crippen LogP contribution in [0.1, 0.15) is 13.8 Å². The molecular weight excluding hydrogens is 210 g/mol. The van der Waals surface area contributed by atoms with Gasteiger partial charge in [0.2, 0.25) is 5.12 Å². The fourth-order valence-corrected chi connectivity index (χ4v) is 2.64. The zero-order valence-corrected chi connectivity index (χ0v) is 11.9. The summed E-state index contributed by atoms with van der Waals surface area (Å²) in [7, 11) is 0.761. The van der Waals surface area contributed by atoms with Gasteiger partial charge in [-0.3, -0.25) is 4.79 Å². The van der Waals surface area contributed by atoms with E-state index in [-0.39, 0.29) is 5.12 Å². The van der Waals surface area contributed by atoms with Gasteiger partial charge in [-0.2, -0.15) is 0 Å². The Morgan fingerprint density at radius 3 is 2.29 bits per heavy atom. The van der Waals surface area contributed by atoms with E-state index in [1.165, 1.54) is 11.8 Å². The topological polar surface area (TPSA) is 20.3 Å². The lowest BCUT2D eigenvalue weighted by Gasteiger charge is -2.32. The van der Waals surface area contributed by atoms with E-state index in [4.69, 9.17) is 0 Å². The zero-order chi connectivity index (χ0) is 11.4. The van der Waals surface area contributed by atoms with Crippen LogP contribution < -0.4 is 0 Å². The van der Waals surface area contributed by atoms with E-state index in [9.17, 15) is 4.79 Å². The first-order chi connectivity index (χ1) is 6.29. The zero-order valence-electron chi connectivity index (χ0n) is 10.0. The lowest BCUT2D eigenvalue weighted by Crippen LogP contribution is -2.41. The molecule has 0 rings (SSSR count). The molecule has 0 heterocycles. The summed E-state index contributed by atoms with van der Waals surface area (Å²) >= 11 is 1.36. The molecule has 0 saturated carbocycles. The maximum atomic E-state index is 11.4. The first-order valence-corrected chi connectivity index (χ1v) is 9.31. The summed E-state index contributed by atoms with van der Waals surface area (Å²) < 4.78 is 2.25. The van der Waals surface area contributed by atoms with Crippen molar-refractivity contribution in [1.82, 2.24) is 4.57 Å². The minimum Gasteiger partial charge on any atom is -0.404 e. The molecule has 14 heavy (non-hydrogen) atoms. The van der Waals surface area contributed by atoms with E-state index >= 15 is 0 Å². The highest BCUT2D eigenvalue weighted by Crippen LogP contribution is 2.14. The van der Waals surface area contributed by atoms with Gasteiger partial charge in [-0.1, -0.05) is 38.3 Å². The van der Waals surface area contributed by atoms with Crippen molar-refractivity contribution in [2.75, 3.05) is 12.8 Å². The predicted molar refractivity (Wildman–Crippen MR) is 68.0 cm³/mol. The first kappa shape index (κ1) is 13.8. The normalized spacial score (nSPS) is 12.9. The molecule has 0 fully saturated rings. The van der Waals surface area contributed by atoms with Gasteiger partial charge in [0.25, 0.3) is 0 Å². The third-order valence-electron chi connectivity index (χ3n) is 2.15. The van der Waals surface area contributed by atoms with E-state index in [1.54, 1.807) is 6.08 Å².